The van der Waals surface area contributed by atoms with Crippen molar-refractivity contribution >= 4 is 5.95 Å². The summed E-state index contributed by atoms with van der Waals surface area (Å²) in [5.74, 6) is 1.81. The van der Waals surface area contributed by atoms with Crippen LogP contribution >= 0.6 is 0 Å². The summed E-state index contributed by atoms with van der Waals surface area (Å²) in [5, 5.41) is 15.5. The van der Waals surface area contributed by atoms with Gasteiger partial charge in [-0.05, 0) is 19.1 Å². The molecule has 0 saturated carbocycles. The van der Waals surface area contributed by atoms with Crippen LogP contribution in [0.1, 0.15) is 18.5 Å². The van der Waals surface area contributed by atoms with Crippen molar-refractivity contribution in [1.82, 2.24) is 25.0 Å². The molecule has 0 radical (unpaired) electrons. The first-order chi connectivity index (χ1) is 12.1. The van der Waals surface area contributed by atoms with Crippen LogP contribution in [0.25, 0.3) is 11.3 Å². The number of anilines is 1. The topological polar surface area (TPSA) is 87.0 Å². The molecule has 0 spiro atoms. The molecule has 2 aromatic heterocycles. The molecule has 0 amide bonds. The summed E-state index contributed by atoms with van der Waals surface area (Å²) in [6.45, 7) is 2.01. The molecule has 1 N–H and O–H groups in total. The summed E-state index contributed by atoms with van der Waals surface area (Å²) >= 11 is 0. The second-order valence-corrected chi connectivity index (χ2v) is 5.54. The highest BCUT2D eigenvalue weighted by Gasteiger charge is 2.13. The molecule has 1 unspecified atom stereocenters. The van der Waals surface area contributed by atoms with Crippen molar-refractivity contribution in [3.05, 3.63) is 42.4 Å². The maximum Gasteiger partial charge on any atom is 0.243 e. The largest absolute Gasteiger partial charge is 0.497 e. The van der Waals surface area contributed by atoms with Gasteiger partial charge in [0.25, 0.3) is 0 Å². The Bertz CT molecular complexity index is 864. The van der Waals surface area contributed by atoms with Crippen LogP contribution in [0.5, 0.6) is 11.5 Å². The van der Waals surface area contributed by atoms with Gasteiger partial charge in [0, 0.05) is 30.4 Å². The predicted molar refractivity (Wildman–Crippen MR) is 93.6 cm³/mol. The molecule has 0 aliphatic heterocycles. The van der Waals surface area contributed by atoms with Gasteiger partial charge in [-0.2, -0.15) is 10.2 Å². The average molecular weight is 340 g/mol. The molecule has 0 saturated heterocycles. The smallest absolute Gasteiger partial charge is 0.243 e. The van der Waals surface area contributed by atoms with Crippen LogP contribution in [0.15, 0.2) is 36.8 Å². The fourth-order valence-electron chi connectivity index (χ4n) is 2.45. The third kappa shape index (κ3) is 3.68. The quantitative estimate of drug-likeness (QED) is 0.737. The minimum absolute atomic E-state index is 0.00325. The van der Waals surface area contributed by atoms with Crippen molar-refractivity contribution in [2.24, 2.45) is 7.05 Å². The van der Waals surface area contributed by atoms with Crippen LogP contribution in [0.4, 0.5) is 5.95 Å². The van der Waals surface area contributed by atoms with Crippen molar-refractivity contribution in [2.75, 3.05) is 19.5 Å². The van der Waals surface area contributed by atoms with E-state index in [1.165, 1.54) is 0 Å². The van der Waals surface area contributed by atoms with Gasteiger partial charge in [-0.3, -0.25) is 4.68 Å². The Morgan fingerprint density at radius 2 is 2.00 bits per heavy atom. The van der Waals surface area contributed by atoms with Crippen molar-refractivity contribution in [3.63, 3.8) is 0 Å². The van der Waals surface area contributed by atoms with Crippen LogP contribution in [0.3, 0.4) is 0 Å². The van der Waals surface area contributed by atoms with Crippen molar-refractivity contribution in [1.29, 1.82) is 0 Å². The van der Waals surface area contributed by atoms with Gasteiger partial charge in [0.1, 0.15) is 11.5 Å². The van der Waals surface area contributed by atoms with Crippen LogP contribution in [0.2, 0.25) is 0 Å². The van der Waals surface area contributed by atoms with Crippen LogP contribution in [0, 0.1) is 0 Å². The fraction of sp³-hybridized carbons (Fsp3) is 0.294. The van der Waals surface area contributed by atoms with Gasteiger partial charge < -0.3 is 14.8 Å². The molecule has 0 aliphatic rings. The Morgan fingerprint density at radius 3 is 2.68 bits per heavy atom. The molecule has 130 valence electrons. The number of methoxy groups -OCH3 is 2. The molecule has 0 bridgehead atoms. The second-order valence-electron chi connectivity index (χ2n) is 5.54. The monoisotopic (exact) mass is 340 g/mol. The Balaban J connectivity index is 1.86. The normalized spacial score (nSPS) is 11.8. The predicted octanol–water partition coefficient (Wildman–Crippen LogP) is 2.46. The van der Waals surface area contributed by atoms with Gasteiger partial charge in [-0.25, -0.2) is 4.98 Å². The summed E-state index contributed by atoms with van der Waals surface area (Å²) in [7, 11) is 5.10. The van der Waals surface area contributed by atoms with Gasteiger partial charge in [0.15, 0.2) is 0 Å². The molecule has 3 rings (SSSR count). The number of aryl methyl sites for hydroxylation is 1. The zero-order chi connectivity index (χ0) is 17.8. The maximum atomic E-state index is 5.44. The van der Waals surface area contributed by atoms with Gasteiger partial charge in [0.05, 0.1) is 38.3 Å². The summed E-state index contributed by atoms with van der Waals surface area (Å²) in [4.78, 5) is 4.55. The lowest BCUT2D eigenvalue weighted by Crippen LogP contribution is -2.10. The first kappa shape index (κ1) is 16.7. The number of rotatable bonds is 6. The number of ether oxygens (including phenoxy) is 2. The lowest BCUT2D eigenvalue weighted by Gasteiger charge is -2.13. The van der Waals surface area contributed by atoms with E-state index in [1.807, 2.05) is 38.4 Å². The first-order valence-corrected chi connectivity index (χ1v) is 7.78. The summed E-state index contributed by atoms with van der Waals surface area (Å²) in [5.41, 5.74) is 2.52. The lowest BCUT2D eigenvalue weighted by molar-refractivity contribution is 0.395. The fourth-order valence-corrected chi connectivity index (χ4v) is 2.45. The third-order valence-electron chi connectivity index (χ3n) is 3.81. The summed E-state index contributed by atoms with van der Waals surface area (Å²) < 4.78 is 12.4. The standard InChI is InChI=1S/C17H20N6O2/c1-11(12-8-19-23(2)10-12)20-17-21-15(9-18-22-17)14-6-5-13(24-3)7-16(14)25-4/h5-11H,1-4H3,(H,20,21,22). The van der Waals surface area contributed by atoms with Crippen LogP contribution in [-0.2, 0) is 7.05 Å². The van der Waals surface area contributed by atoms with Gasteiger partial charge in [-0.1, -0.05) is 0 Å². The molecule has 3 aromatic rings. The molecule has 8 heteroatoms. The molecule has 1 aromatic carbocycles. The maximum absolute atomic E-state index is 5.44. The number of hydrogen-bond donors (Lipinski definition) is 1. The van der Waals surface area contributed by atoms with E-state index in [-0.39, 0.29) is 6.04 Å². The highest BCUT2D eigenvalue weighted by Crippen LogP contribution is 2.32. The SMILES string of the molecule is COc1ccc(-c2cnnc(NC(C)c3cnn(C)c3)n2)c(OC)c1. The first-order valence-electron chi connectivity index (χ1n) is 7.78. The van der Waals surface area contributed by atoms with Gasteiger partial charge in [-0.15, -0.1) is 5.10 Å². The number of nitrogens with zero attached hydrogens (tertiary/aromatic N) is 5. The number of aromatic nitrogens is 5. The van der Waals surface area contributed by atoms with Crippen molar-refractivity contribution in [2.45, 2.75) is 13.0 Å². The van der Waals surface area contributed by atoms with E-state index in [1.54, 1.807) is 31.3 Å². The van der Waals surface area contributed by atoms with Gasteiger partial charge >= 0.3 is 0 Å². The Morgan fingerprint density at radius 1 is 1.16 bits per heavy atom. The molecular formula is C17H20N6O2. The number of nitrogens with one attached hydrogen (secondary N) is 1. The summed E-state index contributed by atoms with van der Waals surface area (Å²) in [6.07, 6.45) is 5.35. The van der Waals surface area contributed by atoms with E-state index in [2.05, 4.69) is 25.6 Å². The molecule has 25 heavy (non-hydrogen) atoms. The highest BCUT2D eigenvalue weighted by molar-refractivity contribution is 5.68. The van der Waals surface area contributed by atoms with E-state index in [0.29, 0.717) is 23.1 Å². The highest BCUT2D eigenvalue weighted by atomic mass is 16.5. The average Bonchev–Trinajstić information content (AvgIpc) is 3.08. The Kier molecular flexibility index (Phi) is 4.78. The minimum Gasteiger partial charge on any atom is -0.497 e. The number of hydrogen-bond acceptors (Lipinski definition) is 7. The second kappa shape index (κ2) is 7.16. The van der Waals surface area contributed by atoms with E-state index in [9.17, 15) is 0 Å². The lowest BCUT2D eigenvalue weighted by atomic mass is 10.1. The zero-order valence-corrected chi connectivity index (χ0v) is 14.6. The molecule has 2 heterocycles. The third-order valence-corrected chi connectivity index (χ3v) is 3.81. The Labute approximate surface area is 145 Å². The van der Waals surface area contributed by atoms with Crippen LogP contribution < -0.4 is 14.8 Å². The van der Waals surface area contributed by atoms with Crippen LogP contribution in [-0.4, -0.2) is 39.2 Å². The number of benzene rings is 1. The molecule has 1 atom stereocenters. The van der Waals surface area contributed by atoms with E-state index < -0.39 is 0 Å². The molecule has 8 nitrogen and oxygen atoms in total. The van der Waals surface area contributed by atoms with Crippen molar-refractivity contribution in [3.8, 4) is 22.8 Å². The summed E-state index contributed by atoms with van der Waals surface area (Å²) in [6, 6.07) is 5.55. The van der Waals surface area contributed by atoms with E-state index in [4.69, 9.17) is 9.47 Å². The van der Waals surface area contributed by atoms with Gasteiger partial charge in [0.2, 0.25) is 5.95 Å². The molecule has 0 aliphatic carbocycles. The molecule has 0 fully saturated rings. The van der Waals surface area contributed by atoms with E-state index >= 15 is 0 Å². The Hall–Kier alpha value is -3.16. The van der Waals surface area contributed by atoms with Crippen molar-refractivity contribution < 1.29 is 9.47 Å². The zero-order valence-electron chi connectivity index (χ0n) is 14.6. The molecular weight excluding hydrogens is 320 g/mol. The van der Waals surface area contributed by atoms with E-state index in [0.717, 1.165) is 11.1 Å². The minimum atomic E-state index is 0.00325.